The first-order valence-corrected chi connectivity index (χ1v) is 15.4. The van der Waals surface area contributed by atoms with Crippen LogP contribution in [0, 0.1) is 0 Å². The number of carbonyl (C=O) groups excluding carboxylic acids is 1. The maximum atomic E-state index is 13.2. The molecule has 0 radical (unpaired) electrons. The highest BCUT2D eigenvalue weighted by Crippen LogP contribution is 2.47. The number of fused-ring (bicyclic) bond motifs is 2. The van der Waals surface area contributed by atoms with Gasteiger partial charge >= 0.3 is 5.97 Å². The Morgan fingerprint density at radius 2 is 1.67 bits per heavy atom. The molecule has 3 fully saturated rings. The topological polar surface area (TPSA) is 109 Å². The van der Waals surface area contributed by atoms with Crippen LogP contribution in [0.15, 0.2) is 65.3 Å². The minimum absolute atomic E-state index is 0.0401. The molecule has 220 valence electrons. The number of piperidine rings is 1. The van der Waals surface area contributed by atoms with E-state index in [2.05, 4.69) is 20.4 Å². The van der Waals surface area contributed by atoms with E-state index in [-0.39, 0.29) is 17.5 Å². The number of aromatic nitrogens is 2. The fraction of sp³-hybridized carbons (Fsp3) is 0.333. The number of carboxylic acid groups (broad SMARTS) is 1. The summed E-state index contributed by atoms with van der Waals surface area (Å²) in [6.07, 6.45) is 7.58. The second kappa shape index (κ2) is 11.4. The van der Waals surface area contributed by atoms with Crippen molar-refractivity contribution in [3.8, 4) is 22.4 Å². The van der Waals surface area contributed by atoms with Crippen LogP contribution in [-0.4, -0.2) is 50.1 Å². The number of carbonyl (C=O) groups is 2. The Morgan fingerprint density at radius 1 is 0.953 bits per heavy atom. The van der Waals surface area contributed by atoms with Gasteiger partial charge in [0.25, 0.3) is 5.91 Å². The molecule has 8 nitrogen and oxygen atoms in total. The zero-order chi connectivity index (χ0) is 29.7. The smallest absolute Gasteiger partial charge is 0.336 e. The van der Waals surface area contributed by atoms with Crippen LogP contribution in [0.4, 0.5) is 0 Å². The summed E-state index contributed by atoms with van der Waals surface area (Å²) in [5.74, 6) is 0.112. The summed E-state index contributed by atoms with van der Waals surface area (Å²) in [4.78, 5) is 31.7. The Hall–Kier alpha value is -3.72. The summed E-state index contributed by atoms with van der Waals surface area (Å²) >= 11 is 13.2. The molecule has 10 heteroatoms. The molecule has 7 rings (SSSR count). The number of pyridine rings is 1. The summed E-state index contributed by atoms with van der Waals surface area (Å²) in [5, 5.41) is 18.3. The van der Waals surface area contributed by atoms with Crippen molar-refractivity contribution in [3.05, 3.63) is 93.4 Å². The van der Waals surface area contributed by atoms with Crippen molar-refractivity contribution in [2.45, 2.75) is 69.1 Å². The number of aromatic carboxylic acids is 1. The van der Waals surface area contributed by atoms with E-state index in [0.717, 1.165) is 61.1 Å². The number of hydrogen-bond donors (Lipinski definition) is 2. The van der Waals surface area contributed by atoms with E-state index in [9.17, 15) is 14.7 Å². The van der Waals surface area contributed by atoms with Gasteiger partial charge in [-0.3, -0.25) is 14.7 Å². The first-order chi connectivity index (χ1) is 20.9. The molecule has 2 aromatic heterocycles. The third-order valence-electron chi connectivity index (χ3n) is 8.99. The minimum Gasteiger partial charge on any atom is -0.478 e. The molecule has 2 aliphatic heterocycles. The molecule has 43 heavy (non-hydrogen) atoms. The largest absolute Gasteiger partial charge is 0.478 e. The van der Waals surface area contributed by atoms with E-state index < -0.39 is 5.97 Å². The summed E-state index contributed by atoms with van der Waals surface area (Å²) in [6.45, 7) is 0.711. The molecule has 4 aromatic rings. The lowest BCUT2D eigenvalue weighted by atomic mass is 9.95. The number of carboxylic acids is 1. The van der Waals surface area contributed by atoms with Crippen LogP contribution in [0.5, 0.6) is 0 Å². The van der Waals surface area contributed by atoms with Gasteiger partial charge in [0.05, 0.1) is 15.6 Å². The maximum Gasteiger partial charge on any atom is 0.336 e. The molecular formula is C33H30Cl2N4O4. The molecule has 2 unspecified atom stereocenters. The van der Waals surface area contributed by atoms with Crippen LogP contribution >= 0.6 is 23.2 Å². The van der Waals surface area contributed by atoms with Gasteiger partial charge in [0, 0.05) is 53.5 Å². The number of amides is 1. The average Bonchev–Trinajstić information content (AvgIpc) is 3.73. The van der Waals surface area contributed by atoms with E-state index in [1.807, 2.05) is 18.2 Å². The third kappa shape index (κ3) is 5.44. The number of nitrogens with one attached hydrogen (secondary N) is 1. The number of hydrogen-bond acceptors (Lipinski definition) is 6. The van der Waals surface area contributed by atoms with Crippen LogP contribution < -0.4 is 5.32 Å². The molecule has 3 aliphatic rings. The molecule has 0 spiro atoms. The van der Waals surface area contributed by atoms with E-state index >= 15 is 0 Å². The highest BCUT2D eigenvalue weighted by molar-refractivity contribution is 6.39. The van der Waals surface area contributed by atoms with Gasteiger partial charge < -0.3 is 14.9 Å². The Morgan fingerprint density at radius 3 is 2.33 bits per heavy atom. The molecular weight excluding hydrogens is 587 g/mol. The molecule has 2 aromatic carbocycles. The van der Waals surface area contributed by atoms with Gasteiger partial charge in [-0.05, 0) is 68.4 Å². The quantitative estimate of drug-likeness (QED) is 0.215. The summed E-state index contributed by atoms with van der Waals surface area (Å²) < 4.78 is 5.91. The van der Waals surface area contributed by atoms with Gasteiger partial charge in [-0.25, -0.2) is 4.79 Å². The normalized spacial score (nSPS) is 21.6. The van der Waals surface area contributed by atoms with Crippen LogP contribution in [0.2, 0.25) is 10.0 Å². The second-order valence-electron chi connectivity index (χ2n) is 11.7. The van der Waals surface area contributed by atoms with Crippen molar-refractivity contribution in [2.75, 3.05) is 0 Å². The van der Waals surface area contributed by atoms with Crippen LogP contribution in [0.3, 0.4) is 0 Å². The van der Waals surface area contributed by atoms with Gasteiger partial charge in [-0.15, -0.1) is 0 Å². The number of benzene rings is 2. The third-order valence-corrected chi connectivity index (χ3v) is 9.62. The van der Waals surface area contributed by atoms with Crippen molar-refractivity contribution >= 4 is 35.1 Å². The first kappa shape index (κ1) is 28.1. The molecule has 2 bridgehead atoms. The Bertz CT molecular complexity index is 1670. The van der Waals surface area contributed by atoms with Crippen LogP contribution in [0.1, 0.15) is 76.6 Å². The standard InChI is InChI=1S/C33H30Cl2N4O4/c34-26-6-3-7-27(35)29(26)30-25(31(43-38-30)18-8-9-18)17-39-21-11-12-22(39)15-20(14-21)37-32(40)28-13-10-19(16-36-28)23-4-1-2-5-24(23)33(41)42/h1-7,10,13,16,18,20-22H,8-9,11-12,14-15,17H2,(H,37,40)(H,41,42). The summed E-state index contributed by atoms with van der Waals surface area (Å²) in [5.41, 5.74) is 4.25. The Balaban J connectivity index is 1.05. The Labute approximate surface area is 259 Å². The fourth-order valence-electron chi connectivity index (χ4n) is 6.76. The van der Waals surface area contributed by atoms with Crippen molar-refractivity contribution in [3.63, 3.8) is 0 Å². The first-order valence-electron chi connectivity index (χ1n) is 14.7. The monoisotopic (exact) mass is 616 g/mol. The number of rotatable bonds is 8. The molecule has 1 saturated carbocycles. The molecule has 1 amide bonds. The van der Waals surface area contributed by atoms with Crippen molar-refractivity contribution in [1.82, 2.24) is 20.4 Å². The van der Waals surface area contributed by atoms with Crippen molar-refractivity contribution in [1.29, 1.82) is 0 Å². The zero-order valence-corrected chi connectivity index (χ0v) is 24.8. The highest BCUT2D eigenvalue weighted by Gasteiger charge is 2.43. The SMILES string of the molecule is O=C(NC1CC2CCC(C1)N2Cc1c(-c2c(Cl)cccc2Cl)noc1C1CC1)c1ccc(-c2ccccc2C(=O)O)cn1. The predicted molar refractivity (Wildman–Crippen MR) is 163 cm³/mol. The predicted octanol–water partition coefficient (Wildman–Crippen LogP) is 7.21. The van der Waals surface area contributed by atoms with E-state index in [4.69, 9.17) is 27.7 Å². The summed E-state index contributed by atoms with van der Waals surface area (Å²) in [6, 6.07) is 16.3. The van der Waals surface area contributed by atoms with Crippen LogP contribution in [-0.2, 0) is 6.54 Å². The second-order valence-corrected chi connectivity index (χ2v) is 12.5. The molecule has 1 aliphatic carbocycles. The van der Waals surface area contributed by atoms with Gasteiger partial charge in [-0.2, -0.15) is 0 Å². The van der Waals surface area contributed by atoms with E-state index in [1.54, 1.807) is 42.6 Å². The average molecular weight is 618 g/mol. The Kier molecular flexibility index (Phi) is 7.45. The zero-order valence-electron chi connectivity index (χ0n) is 23.3. The number of halogens is 2. The van der Waals surface area contributed by atoms with Gasteiger partial charge in [0.2, 0.25) is 0 Å². The van der Waals surface area contributed by atoms with Gasteiger partial charge in [0.15, 0.2) is 0 Å². The van der Waals surface area contributed by atoms with Gasteiger partial charge in [0.1, 0.15) is 17.1 Å². The van der Waals surface area contributed by atoms with E-state index in [0.29, 0.717) is 51.4 Å². The maximum absolute atomic E-state index is 13.2. The summed E-state index contributed by atoms with van der Waals surface area (Å²) in [7, 11) is 0. The lowest BCUT2D eigenvalue weighted by Gasteiger charge is -2.39. The van der Waals surface area contributed by atoms with Crippen LogP contribution in [0.25, 0.3) is 22.4 Å². The van der Waals surface area contributed by atoms with Gasteiger partial charge in [-0.1, -0.05) is 58.7 Å². The minimum atomic E-state index is -1.00. The molecule has 2 N–H and O–H groups in total. The molecule has 4 heterocycles. The number of nitrogens with zero attached hydrogens (tertiary/aromatic N) is 3. The lowest BCUT2D eigenvalue weighted by molar-refractivity contribution is 0.0697. The highest BCUT2D eigenvalue weighted by atomic mass is 35.5. The van der Waals surface area contributed by atoms with Crippen molar-refractivity contribution in [2.24, 2.45) is 0 Å². The fourth-order valence-corrected chi connectivity index (χ4v) is 7.34. The van der Waals surface area contributed by atoms with Crippen molar-refractivity contribution < 1.29 is 19.2 Å². The molecule has 2 saturated heterocycles. The lowest BCUT2D eigenvalue weighted by Crippen LogP contribution is -2.50. The van der Waals surface area contributed by atoms with E-state index in [1.165, 1.54) is 0 Å². The molecule has 2 atom stereocenters.